The summed E-state index contributed by atoms with van der Waals surface area (Å²) in [5.41, 5.74) is 1.15. The summed E-state index contributed by atoms with van der Waals surface area (Å²) in [5, 5.41) is 4.87. The third kappa shape index (κ3) is 4.02. The number of benzene rings is 1. The Morgan fingerprint density at radius 2 is 2.29 bits per heavy atom. The molecule has 1 saturated heterocycles. The van der Waals surface area contributed by atoms with Crippen molar-refractivity contribution < 1.29 is 0 Å². The molecule has 21 heavy (non-hydrogen) atoms. The first kappa shape index (κ1) is 14.9. The highest BCUT2D eigenvalue weighted by molar-refractivity contribution is 7.18. The molecule has 1 unspecified atom stereocenters. The van der Waals surface area contributed by atoms with Crippen molar-refractivity contribution in [2.24, 2.45) is 0 Å². The maximum absolute atomic E-state index is 4.79. The lowest BCUT2D eigenvalue weighted by atomic mass is 10.2. The minimum atomic E-state index is 0.677. The fourth-order valence-electron chi connectivity index (χ4n) is 3.02. The van der Waals surface area contributed by atoms with E-state index in [-0.39, 0.29) is 0 Å². The Balaban J connectivity index is 1.66. The molecule has 0 radical (unpaired) electrons. The molecule has 1 N–H and O–H groups in total. The summed E-state index contributed by atoms with van der Waals surface area (Å²) >= 11 is 1.84. The van der Waals surface area contributed by atoms with Gasteiger partial charge in [-0.3, -0.25) is 4.90 Å². The first-order valence-electron chi connectivity index (χ1n) is 8.15. The van der Waals surface area contributed by atoms with E-state index >= 15 is 0 Å². The molecule has 0 saturated carbocycles. The van der Waals surface area contributed by atoms with Crippen molar-refractivity contribution in [1.82, 2.24) is 15.2 Å². The number of rotatable bonds is 7. The predicted octanol–water partition coefficient (Wildman–Crippen LogP) is 3.65. The molecule has 4 heteroatoms. The summed E-state index contributed by atoms with van der Waals surface area (Å²) in [7, 11) is 0. The molecule has 0 aliphatic carbocycles. The number of nitrogens with one attached hydrogen (secondary N) is 1. The third-order valence-electron chi connectivity index (χ3n) is 4.17. The van der Waals surface area contributed by atoms with E-state index in [0.717, 1.165) is 18.6 Å². The van der Waals surface area contributed by atoms with Gasteiger partial charge in [0, 0.05) is 12.6 Å². The average molecular weight is 303 g/mol. The van der Waals surface area contributed by atoms with Gasteiger partial charge in [0.2, 0.25) is 0 Å². The molecule has 1 aliphatic heterocycles. The normalized spacial score (nSPS) is 18.9. The number of hydrogen-bond acceptors (Lipinski definition) is 4. The molecule has 1 aromatic heterocycles. The summed E-state index contributed by atoms with van der Waals surface area (Å²) in [6.07, 6.45) is 5.18. The van der Waals surface area contributed by atoms with Crippen LogP contribution in [0.2, 0.25) is 0 Å². The number of hydrogen-bond donors (Lipinski definition) is 1. The first-order valence-corrected chi connectivity index (χ1v) is 8.97. The van der Waals surface area contributed by atoms with E-state index in [1.54, 1.807) is 0 Å². The Hall–Kier alpha value is -0.970. The van der Waals surface area contributed by atoms with E-state index in [0.29, 0.717) is 6.04 Å². The van der Waals surface area contributed by atoms with Crippen LogP contribution in [0.3, 0.4) is 0 Å². The van der Waals surface area contributed by atoms with Crippen molar-refractivity contribution in [2.75, 3.05) is 19.6 Å². The van der Waals surface area contributed by atoms with Gasteiger partial charge in [-0.1, -0.05) is 25.5 Å². The zero-order chi connectivity index (χ0) is 14.5. The molecular formula is C17H25N3S. The van der Waals surface area contributed by atoms with Crippen LogP contribution in [-0.4, -0.2) is 35.6 Å². The molecular weight excluding hydrogens is 278 g/mol. The summed E-state index contributed by atoms with van der Waals surface area (Å²) in [4.78, 5) is 7.38. The van der Waals surface area contributed by atoms with Crippen molar-refractivity contribution in [2.45, 2.75) is 45.2 Å². The molecule has 1 aliphatic rings. The summed E-state index contributed by atoms with van der Waals surface area (Å²) in [6, 6.07) is 9.14. The highest BCUT2D eigenvalue weighted by atomic mass is 32.1. The zero-order valence-corrected chi connectivity index (χ0v) is 13.7. The number of fused-ring (bicyclic) bond motifs is 1. The van der Waals surface area contributed by atoms with Gasteiger partial charge in [0.05, 0.1) is 16.8 Å². The van der Waals surface area contributed by atoms with E-state index in [1.165, 1.54) is 48.5 Å². The number of para-hydroxylation sites is 1. The number of unbranched alkanes of at least 4 members (excludes halogenated alkanes) is 1. The van der Waals surface area contributed by atoms with Gasteiger partial charge < -0.3 is 5.32 Å². The van der Waals surface area contributed by atoms with Gasteiger partial charge in [-0.05, 0) is 44.5 Å². The summed E-state index contributed by atoms with van der Waals surface area (Å²) in [5.74, 6) is 0. The topological polar surface area (TPSA) is 28.2 Å². The Labute approximate surface area is 131 Å². The summed E-state index contributed by atoms with van der Waals surface area (Å²) in [6.45, 7) is 6.80. The second-order valence-electron chi connectivity index (χ2n) is 5.96. The molecule has 1 aromatic carbocycles. The van der Waals surface area contributed by atoms with Gasteiger partial charge in [-0.15, -0.1) is 11.3 Å². The number of nitrogens with zero attached hydrogens (tertiary/aromatic N) is 2. The number of thiazole rings is 1. The zero-order valence-electron chi connectivity index (χ0n) is 12.8. The van der Waals surface area contributed by atoms with E-state index in [1.807, 2.05) is 11.3 Å². The van der Waals surface area contributed by atoms with Gasteiger partial charge in [-0.25, -0.2) is 4.98 Å². The van der Waals surface area contributed by atoms with Gasteiger partial charge in [0.25, 0.3) is 0 Å². The molecule has 0 spiro atoms. The molecule has 1 atom stereocenters. The fraction of sp³-hybridized carbons (Fsp3) is 0.588. The fourth-order valence-corrected chi connectivity index (χ4v) is 4.03. The SMILES string of the molecule is CCCCN(Cc1nc2ccccc2s1)CC1CCCN1. The van der Waals surface area contributed by atoms with Gasteiger partial charge in [-0.2, -0.15) is 0 Å². The van der Waals surface area contributed by atoms with Crippen LogP contribution in [0.1, 0.15) is 37.6 Å². The van der Waals surface area contributed by atoms with Crippen molar-refractivity contribution >= 4 is 21.6 Å². The maximum Gasteiger partial charge on any atom is 0.108 e. The average Bonchev–Trinajstić information content (AvgIpc) is 3.13. The van der Waals surface area contributed by atoms with E-state index in [4.69, 9.17) is 4.98 Å². The molecule has 2 heterocycles. The van der Waals surface area contributed by atoms with Crippen LogP contribution in [0.15, 0.2) is 24.3 Å². The minimum absolute atomic E-state index is 0.677. The van der Waals surface area contributed by atoms with Crippen LogP contribution in [0.4, 0.5) is 0 Å². The highest BCUT2D eigenvalue weighted by Crippen LogP contribution is 2.23. The molecule has 0 amide bonds. The second kappa shape index (κ2) is 7.34. The first-order chi connectivity index (χ1) is 10.3. The monoisotopic (exact) mass is 303 g/mol. The van der Waals surface area contributed by atoms with Crippen LogP contribution in [0.25, 0.3) is 10.2 Å². The Kier molecular flexibility index (Phi) is 5.22. The third-order valence-corrected chi connectivity index (χ3v) is 5.19. The number of aromatic nitrogens is 1. The molecule has 114 valence electrons. The van der Waals surface area contributed by atoms with Crippen molar-refractivity contribution in [3.8, 4) is 0 Å². The molecule has 0 bridgehead atoms. The lowest BCUT2D eigenvalue weighted by Crippen LogP contribution is -2.37. The standard InChI is InChI=1S/C17H25N3S/c1-2-3-11-20(12-14-7-6-10-18-14)13-17-19-15-8-4-5-9-16(15)21-17/h4-5,8-9,14,18H,2-3,6-7,10-13H2,1H3. The summed E-state index contributed by atoms with van der Waals surface area (Å²) < 4.78 is 1.31. The molecule has 2 aromatic rings. The van der Waals surface area contributed by atoms with Crippen molar-refractivity contribution in [3.63, 3.8) is 0 Å². The molecule has 3 nitrogen and oxygen atoms in total. The lowest BCUT2D eigenvalue weighted by Gasteiger charge is -2.24. The van der Waals surface area contributed by atoms with E-state index < -0.39 is 0 Å². The highest BCUT2D eigenvalue weighted by Gasteiger charge is 2.18. The molecule has 1 fully saturated rings. The van der Waals surface area contributed by atoms with Crippen molar-refractivity contribution in [3.05, 3.63) is 29.3 Å². The van der Waals surface area contributed by atoms with E-state index in [2.05, 4.69) is 41.4 Å². The van der Waals surface area contributed by atoms with Gasteiger partial charge >= 0.3 is 0 Å². The Morgan fingerprint density at radius 3 is 3.05 bits per heavy atom. The van der Waals surface area contributed by atoms with Crippen LogP contribution in [0, 0.1) is 0 Å². The van der Waals surface area contributed by atoms with Crippen LogP contribution < -0.4 is 5.32 Å². The van der Waals surface area contributed by atoms with Crippen LogP contribution in [-0.2, 0) is 6.54 Å². The van der Waals surface area contributed by atoms with E-state index in [9.17, 15) is 0 Å². The van der Waals surface area contributed by atoms with Crippen LogP contribution in [0.5, 0.6) is 0 Å². The Bertz CT molecular complexity index is 527. The molecule has 3 rings (SSSR count). The maximum atomic E-state index is 4.79. The predicted molar refractivity (Wildman–Crippen MR) is 90.8 cm³/mol. The smallest absolute Gasteiger partial charge is 0.108 e. The Morgan fingerprint density at radius 1 is 1.38 bits per heavy atom. The second-order valence-corrected chi connectivity index (χ2v) is 7.07. The van der Waals surface area contributed by atoms with Gasteiger partial charge in [0.15, 0.2) is 0 Å². The lowest BCUT2D eigenvalue weighted by molar-refractivity contribution is 0.237. The quantitative estimate of drug-likeness (QED) is 0.846. The largest absolute Gasteiger partial charge is 0.313 e. The minimum Gasteiger partial charge on any atom is -0.313 e. The van der Waals surface area contributed by atoms with Crippen LogP contribution >= 0.6 is 11.3 Å². The van der Waals surface area contributed by atoms with Gasteiger partial charge in [0.1, 0.15) is 5.01 Å². The van der Waals surface area contributed by atoms with Crippen molar-refractivity contribution in [1.29, 1.82) is 0 Å².